The third kappa shape index (κ3) is 2.69. The zero-order chi connectivity index (χ0) is 15.5. The highest BCUT2D eigenvalue weighted by atomic mass is 16.5. The normalized spacial score (nSPS) is 16.4. The topological polar surface area (TPSA) is 36.9 Å². The van der Waals surface area contributed by atoms with Crippen molar-refractivity contribution in [3.8, 4) is 23.0 Å². The van der Waals surface area contributed by atoms with Gasteiger partial charge >= 0.3 is 0 Å². The van der Waals surface area contributed by atoms with Gasteiger partial charge in [0, 0.05) is 23.6 Å². The van der Waals surface area contributed by atoms with E-state index in [1.54, 1.807) is 21.3 Å². The molecule has 1 aliphatic heterocycles. The highest BCUT2D eigenvalue weighted by molar-refractivity contribution is 5.47. The summed E-state index contributed by atoms with van der Waals surface area (Å²) in [5.74, 6) is 3.62. The summed E-state index contributed by atoms with van der Waals surface area (Å²) in [6, 6.07) is 11.9. The summed E-state index contributed by atoms with van der Waals surface area (Å²) in [7, 11) is 5.00. The van der Waals surface area contributed by atoms with E-state index in [4.69, 9.17) is 18.9 Å². The van der Waals surface area contributed by atoms with Gasteiger partial charge in [0.2, 0.25) is 0 Å². The molecular formula is C18H20O4. The lowest BCUT2D eigenvalue weighted by atomic mass is 9.89. The van der Waals surface area contributed by atoms with Crippen LogP contribution in [0.4, 0.5) is 0 Å². The molecule has 2 aromatic carbocycles. The van der Waals surface area contributed by atoms with Crippen LogP contribution >= 0.6 is 0 Å². The Morgan fingerprint density at radius 1 is 0.909 bits per heavy atom. The Morgan fingerprint density at radius 2 is 1.64 bits per heavy atom. The number of rotatable bonds is 4. The second-order valence-corrected chi connectivity index (χ2v) is 5.29. The molecule has 1 atom stereocenters. The monoisotopic (exact) mass is 300 g/mol. The quantitative estimate of drug-likeness (QED) is 0.867. The number of ether oxygens (including phenoxy) is 4. The summed E-state index contributed by atoms with van der Waals surface area (Å²) in [6.45, 7) is 0.628. The van der Waals surface area contributed by atoms with Gasteiger partial charge in [0.25, 0.3) is 0 Å². The maximum atomic E-state index is 5.92. The summed E-state index contributed by atoms with van der Waals surface area (Å²) >= 11 is 0. The van der Waals surface area contributed by atoms with Gasteiger partial charge in [0.05, 0.1) is 27.9 Å². The number of hydrogen-bond acceptors (Lipinski definition) is 4. The first kappa shape index (κ1) is 14.6. The Balaban J connectivity index is 1.88. The highest BCUT2D eigenvalue weighted by Crippen LogP contribution is 2.38. The van der Waals surface area contributed by atoms with Crippen molar-refractivity contribution >= 4 is 0 Å². The van der Waals surface area contributed by atoms with Crippen LogP contribution in [0.2, 0.25) is 0 Å². The van der Waals surface area contributed by atoms with Crippen LogP contribution < -0.4 is 18.9 Å². The zero-order valence-corrected chi connectivity index (χ0v) is 13.1. The largest absolute Gasteiger partial charge is 0.497 e. The van der Waals surface area contributed by atoms with E-state index in [1.807, 2.05) is 24.3 Å². The number of hydrogen-bond donors (Lipinski definition) is 0. The molecule has 0 bridgehead atoms. The standard InChI is InChI=1S/C18H20O4/c1-19-14-5-4-12-8-13(11-22-17(12)9-14)16-7-6-15(20-2)10-18(16)21-3/h4-7,9-10,13H,8,11H2,1-3H3. The predicted molar refractivity (Wildman–Crippen MR) is 84.5 cm³/mol. The molecule has 22 heavy (non-hydrogen) atoms. The van der Waals surface area contributed by atoms with E-state index in [0.717, 1.165) is 35.0 Å². The first-order valence-electron chi connectivity index (χ1n) is 7.26. The van der Waals surface area contributed by atoms with Gasteiger partial charge in [-0.05, 0) is 24.1 Å². The summed E-state index contributed by atoms with van der Waals surface area (Å²) in [4.78, 5) is 0. The van der Waals surface area contributed by atoms with E-state index >= 15 is 0 Å². The fourth-order valence-corrected chi connectivity index (χ4v) is 2.84. The Hall–Kier alpha value is -2.36. The molecule has 0 amide bonds. The molecule has 0 saturated heterocycles. The average Bonchev–Trinajstić information content (AvgIpc) is 2.60. The zero-order valence-electron chi connectivity index (χ0n) is 13.1. The van der Waals surface area contributed by atoms with Gasteiger partial charge in [-0.1, -0.05) is 12.1 Å². The van der Waals surface area contributed by atoms with Crippen molar-refractivity contribution in [3.05, 3.63) is 47.5 Å². The maximum absolute atomic E-state index is 5.92. The molecule has 4 nitrogen and oxygen atoms in total. The average molecular weight is 300 g/mol. The van der Waals surface area contributed by atoms with Gasteiger partial charge in [-0.2, -0.15) is 0 Å². The van der Waals surface area contributed by atoms with Crippen molar-refractivity contribution in [1.29, 1.82) is 0 Å². The van der Waals surface area contributed by atoms with E-state index in [2.05, 4.69) is 12.1 Å². The SMILES string of the molecule is COc1ccc2c(c1)OCC(c1ccc(OC)cc1OC)C2. The van der Waals surface area contributed by atoms with E-state index in [1.165, 1.54) is 5.56 Å². The molecule has 2 aromatic rings. The summed E-state index contributed by atoms with van der Waals surface area (Å²) in [6.07, 6.45) is 0.919. The molecule has 0 fully saturated rings. The second kappa shape index (κ2) is 6.18. The summed E-state index contributed by atoms with van der Waals surface area (Å²) in [5, 5.41) is 0. The molecular weight excluding hydrogens is 280 g/mol. The van der Waals surface area contributed by atoms with Gasteiger partial charge in [0.15, 0.2) is 0 Å². The lowest BCUT2D eigenvalue weighted by molar-refractivity contribution is 0.257. The fourth-order valence-electron chi connectivity index (χ4n) is 2.84. The molecule has 4 heteroatoms. The van der Waals surface area contributed by atoms with Gasteiger partial charge in [-0.25, -0.2) is 0 Å². The van der Waals surface area contributed by atoms with Crippen LogP contribution in [0.25, 0.3) is 0 Å². The van der Waals surface area contributed by atoms with Crippen LogP contribution in [-0.4, -0.2) is 27.9 Å². The molecule has 1 aliphatic rings. The van der Waals surface area contributed by atoms with Crippen LogP contribution in [0.1, 0.15) is 17.0 Å². The number of benzene rings is 2. The Bertz CT molecular complexity index is 666. The third-order valence-electron chi connectivity index (χ3n) is 4.06. The minimum Gasteiger partial charge on any atom is -0.497 e. The Labute approximate surface area is 130 Å². The Morgan fingerprint density at radius 3 is 2.36 bits per heavy atom. The van der Waals surface area contributed by atoms with Crippen molar-refractivity contribution < 1.29 is 18.9 Å². The minimum atomic E-state index is 0.266. The lowest BCUT2D eigenvalue weighted by Crippen LogP contribution is -2.19. The van der Waals surface area contributed by atoms with Gasteiger partial charge in [-0.3, -0.25) is 0 Å². The number of methoxy groups -OCH3 is 3. The van der Waals surface area contributed by atoms with Crippen molar-refractivity contribution in [1.82, 2.24) is 0 Å². The minimum absolute atomic E-state index is 0.266. The molecule has 0 radical (unpaired) electrons. The van der Waals surface area contributed by atoms with Crippen LogP contribution in [0.3, 0.4) is 0 Å². The fraction of sp³-hybridized carbons (Fsp3) is 0.333. The smallest absolute Gasteiger partial charge is 0.126 e. The summed E-state index contributed by atoms with van der Waals surface area (Å²) < 4.78 is 21.9. The molecule has 0 aromatic heterocycles. The Kier molecular flexibility index (Phi) is 4.09. The lowest BCUT2D eigenvalue weighted by Gasteiger charge is -2.27. The summed E-state index contributed by atoms with van der Waals surface area (Å²) in [5.41, 5.74) is 2.33. The van der Waals surface area contributed by atoms with Gasteiger partial charge in [0.1, 0.15) is 23.0 Å². The van der Waals surface area contributed by atoms with E-state index < -0.39 is 0 Å². The first-order valence-corrected chi connectivity index (χ1v) is 7.26. The van der Waals surface area contributed by atoms with Crippen LogP contribution in [-0.2, 0) is 6.42 Å². The van der Waals surface area contributed by atoms with E-state index in [9.17, 15) is 0 Å². The van der Waals surface area contributed by atoms with Crippen molar-refractivity contribution in [2.24, 2.45) is 0 Å². The molecule has 3 rings (SSSR count). The molecule has 116 valence electrons. The maximum Gasteiger partial charge on any atom is 0.126 e. The number of fused-ring (bicyclic) bond motifs is 1. The first-order chi connectivity index (χ1) is 10.7. The van der Waals surface area contributed by atoms with Gasteiger partial charge < -0.3 is 18.9 Å². The van der Waals surface area contributed by atoms with E-state index in [0.29, 0.717) is 6.61 Å². The van der Waals surface area contributed by atoms with Gasteiger partial charge in [-0.15, -0.1) is 0 Å². The second-order valence-electron chi connectivity index (χ2n) is 5.29. The van der Waals surface area contributed by atoms with Crippen molar-refractivity contribution in [3.63, 3.8) is 0 Å². The van der Waals surface area contributed by atoms with Crippen LogP contribution in [0.5, 0.6) is 23.0 Å². The molecule has 0 saturated carbocycles. The van der Waals surface area contributed by atoms with Crippen LogP contribution in [0, 0.1) is 0 Å². The molecule has 0 spiro atoms. The van der Waals surface area contributed by atoms with Crippen molar-refractivity contribution in [2.45, 2.75) is 12.3 Å². The molecule has 1 heterocycles. The predicted octanol–water partition coefficient (Wildman–Crippen LogP) is 3.43. The third-order valence-corrected chi connectivity index (χ3v) is 4.06. The highest BCUT2D eigenvalue weighted by Gasteiger charge is 2.24. The molecule has 0 aliphatic carbocycles. The van der Waals surface area contributed by atoms with Crippen LogP contribution in [0.15, 0.2) is 36.4 Å². The van der Waals surface area contributed by atoms with Crippen molar-refractivity contribution in [2.75, 3.05) is 27.9 Å². The van der Waals surface area contributed by atoms with E-state index in [-0.39, 0.29) is 5.92 Å². The molecule has 1 unspecified atom stereocenters. The molecule has 0 N–H and O–H groups in total.